The summed E-state index contributed by atoms with van der Waals surface area (Å²) in [4.78, 5) is 4.45. The molecule has 90 valence electrons. The lowest BCUT2D eigenvalue weighted by Gasteiger charge is -2.01. The average molecular weight is 302 g/mol. The van der Waals surface area contributed by atoms with Crippen molar-refractivity contribution in [2.45, 2.75) is 13.3 Å². The van der Waals surface area contributed by atoms with E-state index in [-0.39, 0.29) is 0 Å². The summed E-state index contributed by atoms with van der Waals surface area (Å²) in [5.41, 5.74) is 1.04. The maximum atomic E-state index is 4.45. The second-order valence-electron chi connectivity index (χ2n) is 4.17. The van der Waals surface area contributed by atoms with Crippen LogP contribution < -0.4 is 0 Å². The molecule has 0 aliphatic heterocycles. The first kappa shape index (κ1) is 11.4. The van der Waals surface area contributed by atoms with E-state index >= 15 is 0 Å². The number of aryl methyl sites for hydroxylation is 1. The smallest absolute Gasteiger partial charge is 0.181 e. The number of nitrogens with zero attached hydrogens (tertiary/aromatic N) is 2. The number of nitrogens with one attached hydrogen (secondary N) is 1. The number of H-pyrrole nitrogens is 1. The molecule has 0 unspecified atom stereocenters. The Labute approximate surface area is 113 Å². The van der Waals surface area contributed by atoms with Crippen LogP contribution in [0.25, 0.3) is 22.2 Å². The largest absolute Gasteiger partial charge is 0.263 e. The van der Waals surface area contributed by atoms with Gasteiger partial charge in [-0.3, -0.25) is 5.10 Å². The van der Waals surface area contributed by atoms with Gasteiger partial charge in [-0.2, -0.15) is 5.10 Å². The number of rotatable bonds is 2. The van der Waals surface area contributed by atoms with Crippen molar-refractivity contribution in [1.29, 1.82) is 0 Å². The van der Waals surface area contributed by atoms with Crippen LogP contribution in [0.15, 0.2) is 40.9 Å². The van der Waals surface area contributed by atoms with Crippen LogP contribution >= 0.6 is 15.9 Å². The highest BCUT2D eigenvalue weighted by Crippen LogP contribution is 2.24. The molecule has 0 bridgehead atoms. The zero-order chi connectivity index (χ0) is 12.5. The van der Waals surface area contributed by atoms with Gasteiger partial charge in [-0.05, 0) is 29.0 Å². The monoisotopic (exact) mass is 301 g/mol. The summed E-state index contributed by atoms with van der Waals surface area (Å²) >= 11 is 3.48. The third-order valence-corrected chi connectivity index (χ3v) is 3.42. The van der Waals surface area contributed by atoms with Gasteiger partial charge in [0, 0.05) is 16.5 Å². The van der Waals surface area contributed by atoms with E-state index in [0.717, 1.165) is 28.1 Å². The minimum absolute atomic E-state index is 0.761. The van der Waals surface area contributed by atoms with E-state index < -0.39 is 0 Å². The van der Waals surface area contributed by atoms with Crippen molar-refractivity contribution in [1.82, 2.24) is 15.2 Å². The molecule has 0 fully saturated rings. The molecule has 3 rings (SSSR count). The van der Waals surface area contributed by atoms with Crippen LogP contribution in [0, 0.1) is 0 Å². The SMILES string of the molecule is CCc1nc(-c2ccc3cc(Br)ccc3c2)n[nH]1. The Hall–Kier alpha value is -1.68. The summed E-state index contributed by atoms with van der Waals surface area (Å²) < 4.78 is 1.09. The van der Waals surface area contributed by atoms with E-state index in [1.165, 1.54) is 10.8 Å². The normalized spacial score (nSPS) is 11.0. The summed E-state index contributed by atoms with van der Waals surface area (Å²) in [6.07, 6.45) is 0.869. The molecule has 18 heavy (non-hydrogen) atoms. The van der Waals surface area contributed by atoms with E-state index in [1.807, 2.05) is 6.07 Å². The zero-order valence-corrected chi connectivity index (χ0v) is 11.5. The van der Waals surface area contributed by atoms with Gasteiger partial charge in [-0.1, -0.05) is 41.1 Å². The summed E-state index contributed by atoms with van der Waals surface area (Å²) in [5.74, 6) is 1.68. The second kappa shape index (κ2) is 4.53. The minimum atomic E-state index is 0.761. The summed E-state index contributed by atoms with van der Waals surface area (Å²) in [7, 11) is 0. The van der Waals surface area contributed by atoms with Gasteiger partial charge < -0.3 is 0 Å². The molecule has 4 heteroatoms. The number of hydrogen-bond acceptors (Lipinski definition) is 2. The van der Waals surface area contributed by atoms with Gasteiger partial charge in [0.15, 0.2) is 5.82 Å². The third-order valence-electron chi connectivity index (χ3n) is 2.93. The van der Waals surface area contributed by atoms with Crippen molar-refractivity contribution >= 4 is 26.7 Å². The summed E-state index contributed by atoms with van der Waals surface area (Å²) in [6.45, 7) is 2.06. The van der Waals surface area contributed by atoms with Gasteiger partial charge in [-0.25, -0.2) is 4.98 Å². The molecule has 0 saturated heterocycles. The molecule has 0 radical (unpaired) electrons. The Morgan fingerprint density at radius 3 is 2.67 bits per heavy atom. The fourth-order valence-electron chi connectivity index (χ4n) is 1.94. The van der Waals surface area contributed by atoms with Crippen LogP contribution in [-0.4, -0.2) is 15.2 Å². The van der Waals surface area contributed by atoms with Crippen molar-refractivity contribution < 1.29 is 0 Å². The first-order valence-corrected chi connectivity index (χ1v) is 6.66. The fourth-order valence-corrected chi connectivity index (χ4v) is 2.32. The minimum Gasteiger partial charge on any atom is -0.263 e. The van der Waals surface area contributed by atoms with Gasteiger partial charge >= 0.3 is 0 Å². The molecular formula is C14H12BrN3. The van der Waals surface area contributed by atoms with E-state index in [9.17, 15) is 0 Å². The highest BCUT2D eigenvalue weighted by molar-refractivity contribution is 9.10. The fraction of sp³-hybridized carbons (Fsp3) is 0.143. The Balaban J connectivity index is 2.10. The summed E-state index contributed by atoms with van der Waals surface area (Å²) in [6, 6.07) is 12.5. The van der Waals surface area contributed by atoms with Crippen molar-refractivity contribution in [3.63, 3.8) is 0 Å². The number of aromatic amines is 1. The van der Waals surface area contributed by atoms with Gasteiger partial charge in [0.05, 0.1) is 0 Å². The molecular weight excluding hydrogens is 290 g/mol. The molecule has 0 aliphatic rings. The molecule has 1 aromatic heterocycles. The van der Waals surface area contributed by atoms with Gasteiger partial charge in [0.25, 0.3) is 0 Å². The number of fused-ring (bicyclic) bond motifs is 1. The molecule has 2 aromatic carbocycles. The first-order chi connectivity index (χ1) is 8.76. The first-order valence-electron chi connectivity index (χ1n) is 5.87. The lowest BCUT2D eigenvalue weighted by atomic mass is 10.1. The topological polar surface area (TPSA) is 41.6 Å². The molecule has 0 spiro atoms. The van der Waals surface area contributed by atoms with Crippen LogP contribution in [0.2, 0.25) is 0 Å². The van der Waals surface area contributed by atoms with Crippen molar-refractivity contribution in [2.75, 3.05) is 0 Å². The molecule has 3 aromatic rings. The van der Waals surface area contributed by atoms with Crippen molar-refractivity contribution in [2.24, 2.45) is 0 Å². The molecule has 0 aliphatic carbocycles. The lowest BCUT2D eigenvalue weighted by molar-refractivity contribution is 0.946. The van der Waals surface area contributed by atoms with Crippen LogP contribution in [-0.2, 0) is 6.42 Å². The number of benzene rings is 2. The van der Waals surface area contributed by atoms with Crippen molar-refractivity contribution in [3.8, 4) is 11.4 Å². The van der Waals surface area contributed by atoms with Crippen LogP contribution in [0.1, 0.15) is 12.7 Å². The molecule has 0 atom stereocenters. The van der Waals surface area contributed by atoms with Crippen LogP contribution in [0.4, 0.5) is 0 Å². The molecule has 3 nitrogen and oxygen atoms in total. The Morgan fingerprint density at radius 2 is 1.89 bits per heavy atom. The predicted molar refractivity (Wildman–Crippen MR) is 76.4 cm³/mol. The Morgan fingerprint density at radius 1 is 1.11 bits per heavy atom. The van der Waals surface area contributed by atoms with Crippen LogP contribution in [0.5, 0.6) is 0 Å². The Kier molecular flexibility index (Phi) is 2.88. The number of aromatic nitrogens is 3. The Bertz CT molecular complexity index is 703. The van der Waals surface area contributed by atoms with Gasteiger partial charge in [-0.15, -0.1) is 0 Å². The van der Waals surface area contributed by atoms with Crippen LogP contribution in [0.3, 0.4) is 0 Å². The summed E-state index contributed by atoms with van der Waals surface area (Å²) in [5, 5.41) is 9.58. The average Bonchev–Trinajstić information content (AvgIpc) is 2.87. The highest BCUT2D eigenvalue weighted by Gasteiger charge is 2.05. The van der Waals surface area contributed by atoms with E-state index in [1.54, 1.807) is 0 Å². The highest BCUT2D eigenvalue weighted by atomic mass is 79.9. The second-order valence-corrected chi connectivity index (χ2v) is 5.08. The molecule has 0 saturated carbocycles. The molecule has 1 N–H and O–H groups in total. The maximum Gasteiger partial charge on any atom is 0.181 e. The quantitative estimate of drug-likeness (QED) is 0.778. The van der Waals surface area contributed by atoms with Gasteiger partial charge in [0.1, 0.15) is 5.82 Å². The van der Waals surface area contributed by atoms with Crippen molar-refractivity contribution in [3.05, 3.63) is 46.7 Å². The van der Waals surface area contributed by atoms with E-state index in [4.69, 9.17) is 0 Å². The van der Waals surface area contributed by atoms with E-state index in [0.29, 0.717) is 0 Å². The molecule has 1 heterocycles. The van der Waals surface area contributed by atoms with Gasteiger partial charge in [0.2, 0.25) is 0 Å². The standard InChI is InChI=1S/C14H12BrN3/c1-2-13-16-14(18-17-13)11-4-3-10-8-12(15)6-5-9(10)7-11/h3-8H,2H2,1H3,(H,16,17,18). The number of halogens is 1. The van der Waals surface area contributed by atoms with E-state index in [2.05, 4.69) is 68.4 Å². The third kappa shape index (κ3) is 2.04. The zero-order valence-electron chi connectivity index (χ0n) is 9.94. The number of hydrogen-bond donors (Lipinski definition) is 1. The predicted octanol–water partition coefficient (Wildman–Crippen LogP) is 3.95. The molecule has 0 amide bonds. The maximum absolute atomic E-state index is 4.45. The lowest BCUT2D eigenvalue weighted by Crippen LogP contribution is -1.83.